The Morgan fingerprint density at radius 2 is 1.94 bits per heavy atom. The SMILES string of the molecule is CC(O)(C#Cc1ccc2c(C(=O)N3CC4(COC4)C3)nn(-c3ccnc(N)n3)c2c1)c1ncccn1. The fourth-order valence-corrected chi connectivity index (χ4v) is 4.44. The molecule has 5 heterocycles. The smallest absolute Gasteiger partial charge is 0.275 e. The minimum atomic E-state index is -1.54. The number of carbonyl (C=O) groups is 1. The summed E-state index contributed by atoms with van der Waals surface area (Å²) >= 11 is 0. The number of fused-ring (bicyclic) bond motifs is 1. The number of likely N-dealkylation sites (tertiary alicyclic amines) is 1. The normalized spacial score (nSPS) is 17.6. The summed E-state index contributed by atoms with van der Waals surface area (Å²) in [6, 6.07) is 8.71. The lowest BCUT2D eigenvalue weighted by Crippen LogP contribution is -2.67. The van der Waals surface area contributed by atoms with Gasteiger partial charge in [0.25, 0.3) is 5.91 Å². The molecule has 3 N–H and O–H groups in total. The van der Waals surface area contributed by atoms with Gasteiger partial charge in [-0.1, -0.05) is 11.8 Å². The van der Waals surface area contributed by atoms with Gasteiger partial charge in [-0.15, -0.1) is 0 Å². The number of hydrogen-bond donors (Lipinski definition) is 2. The molecule has 36 heavy (non-hydrogen) atoms. The van der Waals surface area contributed by atoms with E-state index in [0.29, 0.717) is 54.3 Å². The van der Waals surface area contributed by atoms with Gasteiger partial charge < -0.3 is 20.5 Å². The first-order chi connectivity index (χ1) is 17.3. The van der Waals surface area contributed by atoms with Crippen LogP contribution in [0.1, 0.15) is 28.8 Å². The van der Waals surface area contributed by atoms with E-state index in [9.17, 15) is 9.90 Å². The molecule has 1 amide bonds. The molecule has 2 aliphatic heterocycles. The van der Waals surface area contributed by atoms with Crippen molar-refractivity contribution in [1.29, 1.82) is 0 Å². The van der Waals surface area contributed by atoms with Crippen molar-refractivity contribution >= 4 is 22.8 Å². The molecule has 6 rings (SSSR count). The Labute approximate surface area is 206 Å². The first-order valence-corrected chi connectivity index (χ1v) is 11.4. The quantitative estimate of drug-likeness (QED) is 0.407. The fraction of sp³-hybridized carbons (Fsp3) is 0.280. The van der Waals surface area contributed by atoms with Gasteiger partial charge >= 0.3 is 0 Å². The molecule has 0 bridgehead atoms. The predicted molar refractivity (Wildman–Crippen MR) is 129 cm³/mol. The van der Waals surface area contributed by atoms with E-state index in [-0.39, 0.29) is 23.1 Å². The number of aromatic nitrogens is 6. The Balaban J connectivity index is 1.40. The number of carbonyl (C=O) groups excluding carboxylic acids is 1. The molecule has 3 aromatic heterocycles. The lowest BCUT2D eigenvalue weighted by Gasteiger charge is -2.54. The van der Waals surface area contributed by atoms with E-state index >= 15 is 0 Å². The zero-order valence-corrected chi connectivity index (χ0v) is 19.4. The average molecular weight is 483 g/mol. The van der Waals surface area contributed by atoms with Crippen molar-refractivity contribution in [2.24, 2.45) is 5.41 Å². The number of rotatable bonds is 3. The van der Waals surface area contributed by atoms with Crippen LogP contribution in [-0.2, 0) is 10.3 Å². The molecule has 2 aliphatic rings. The van der Waals surface area contributed by atoms with E-state index < -0.39 is 5.60 Å². The molecule has 11 nitrogen and oxygen atoms in total. The summed E-state index contributed by atoms with van der Waals surface area (Å²) in [4.78, 5) is 31.6. The molecule has 180 valence electrons. The Morgan fingerprint density at radius 1 is 1.17 bits per heavy atom. The molecule has 1 unspecified atom stereocenters. The summed E-state index contributed by atoms with van der Waals surface area (Å²) in [7, 11) is 0. The van der Waals surface area contributed by atoms with Crippen LogP contribution in [-0.4, -0.2) is 71.9 Å². The maximum absolute atomic E-state index is 13.4. The summed E-state index contributed by atoms with van der Waals surface area (Å²) in [6.45, 7) is 4.21. The van der Waals surface area contributed by atoms with Crippen LogP contribution in [0.2, 0.25) is 0 Å². The van der Waals surface area contributed by atoms with Crippen LogP contribution in [0.25, 0.3) is 16.7 Å². The zero-order valence-electron chi connectivity index (χ0n) is 19.4. The number of anilines is 1. The second-order valence-electron chi connectivity index (χ2n) is 9.31. The molecular formula is C25H22N8O3. The van der Waals surface area contributed by atoms with Crippen LogP contribution in [0.4, 0.5) is 5.95 Å². The first-order valence-electron chi connectivity index (χ1n) is 11.4. The molecule has 2 saturated heterocycles. The fourth-order valence-electron chi connectivity index (χ4n) is 4.44. The molecule has 0 radical (unpaired) electrons. The molecule has 1 aromatic carbocycles. The lowest BCUT2D eigenvalue weighted by molar-refractivity contribution is -0.176. The molecular weight excluding hydrogens is 460 g/mol. The minimum Gasteiger partial charge on any atom is -0.380 e. The van der Waals surface area contributed by atoms with Gasteiger partial charge in [-0.2, -0.15) is 10.1 Å². The van der Waals surface area contributed by atoms with Crippen molar-refractivity contribution < 1.29 is 14.6 Å². The molecule has 1 spiro atoms. The zero-order chi connectivity index (χ0) is 24.9. The van der Waals surface area contributed by atoms with E-state index in [4.69, 9.17) is 10.5 Å². The monoisotopic (exact) mass is 482 g/mol. The highest BCUT2D eigenvalue weighted by Gasteiger charge is 2.51. The number of hydrogen-bond acceptors (Lipinski definition) is 9. The van der Waals surface area contributed by atoms with E-state index in [0.717, 1.165) is 0 Å². The topological polar surface area (TPSA) is 145 Å². The number of nitrogens with two attached hydrogens (primary N) is 1. The van der Waals surface area contributed by atoms with Crippen LogP contribution < -0.4 is 5.73 Å². The average Bonchev–Trinajstić information content (AvgIpc) is 3.20. The number of nitrogens with zero attached hydrogens (tertiary/aromatic N) is 7. The summed E-state index contributed by atoms with van der Waals surface area (Å²) in [6.07, 6.45) is 4.63. The molecule has 11 heteroatoms. The largest absolute Gasteiger partial charge is 0.380 e. The van der Waals surface area contributed by atoms with Crippen molar-refractivity contribution in [3.8, 4) is 17.7 Å². The second kappa shape index (κ2) is 8.08. The van der Waals surface area contributed by atoms with Crippen molar-refractivity contribution in [2.45, 2.75) is 12.5 Å². The summed E-state index contributed by atoms with van der Waals surface area (Å²) < 4.78 is 6.88. The number of nitrogen functional groups attached to an aromatic ring is 1. The predicted octanol–water partition coefficient (Wildman–Crippen LogP) is 0.919. The number of amides is 1. The van der Waals surface area contributed by atoms with E-state index in [1.807, 2.05) is 0 Å². The van der Waals surface area contributed by atoms with Crippen LogP contribution in [0.3, 0.4) is 0 Å². The van der Waals surface area contributed by atoms with Gasteiger partial charge in [0, 0.05) is 48.7 Å². The third kappa shape index (κ3) is 3.73. The van der Waals surface area contributed by atoms with Gasteiger partial charge in [0.05, 0.1) is 24.1 Å². The lowest BCUT2D eigenvalue weighted by atomic mass is 9.78. The van der Waals surface area contributed by atoms with E-state index in [1.54, 1.807) is 52.3 Å². The molecule has 1 atom stereocenters. The van der Waals surface area contributed by atoms with Crippen LogP contribution >= 0.6 is 0 Å². The molecule has 2 fully saturated rings. The van der Waals surface area contributed by atoms with E-state index in [1.165, 1.54) is 13.1 Å². The Bertz CT molecular complexity index is 1540. The van der Waals surface area contributed by atoms with Crippen LogP contribution in [0.15, 0.2) is 48.9 Å². The van der Waals surface area contributed by atoms with Gasteiger partial charge in [0.15, 0.2) is 22.9 Å². The highest BCUT2D eigenvalue weighted by molar-refractivity contribution is 6.05. The number of benzene rings is 1. The first kappa shape index (κ1) is 22.1. The second-order valence-corrected chi connectivity index (χ2v) is 9.31. The van der Waals surface area contributed by atoms with Crippen molar-refractivity contribution in [2.75, 3.05) is 32.0 Å². The van der Waals surface area contributed by atoms with Crippen molar-refractivity contribution in [3.05, 3.63) is 66.0 Å². The minimum absolute atomic E-state index is 0.0912. The van der Waals surface area contributed by atoms with Gasteiger partial charge in [-0.25, -0.2) is 19.6 Å². The molecule has 4 aromatic rings. The number of aliphatic hydroxyl groups is 1. The maximum atomic E-state index is 13.4. The third-order valence-electron chi connectivity index (χ3n) is 6.37. The Morgan fingerprint density at radius 3 is 2.64 bits per heavy atom. The molecule has 0 aliphatic carbocycles. The van der Waals surface area contributed by atoms with Gasteiger partial charge in [0.1, 0.15) is 0 Å². The Hall–Kier alpha value is -4.40. The summed E-state index contributed by atoms with van der Waals surface area (Å²) in [5.41, 5.74) is 5.91. The Kier molecular flexibility index (Phi) is 4.96. The highest BCUT2D eigenvalue weighted by Crippen LogP contribution is 2.38. The van der Waals surface area contributed by atoms with Gasteiger partial charge in [-0.3, -0.25) is 4.79 Å². The van der Waals surface area contributed by atoms with Crippen LogP contribution in [0.5, 0.6) is 0 Å². The van der Waals surface area contributed by atoms with Crippen molar-refractivity contribution in [3.63, 3.8) is 0 Å². The van der Waals surface area contributed by atoms with Crippen molar-refractivity contribution in [1.82, 2.24) is 34.6 Å². The van der Waals surface area contributed by atoms with E-state index in [2.05, 4.69) is 36.9 Å². The standard InChI is InChI=1S/C25H22N8O3/c1-24(35,22-27-8-2-9-28-22)7-5-16-3-4-17-18(11-16)33(19-6-10-29-23(26)30-19)31-20(17)21(34)32-12-25(13-32)14-36-15-25/h2-4,6,8-11,35H,12-15H2,1H3,(H2,26,29,30). The van der Waals surface area contributed by atoms with Crippen LogP contribution in [0, 0.1) is 17.3 Å². The number of ether oxygens (including phenoxy) is 1. The van der Waals surface area contributed by atoms with Gasteiger partial charge in [-0.05, 0) is 31.2 Å². The third-order valence-corrected chi connectivity index (χ3v) is 6.37. The highest BCUT2D eigenvalue weighted by atomic mass is 16.5. The molecule has 0 saturated carbocycles. The summed E-state index contributed by atoms with van der Waals surface area (Å²) in [5, 5.41) is 16.0. The van der Waals surface area contributed by atoms with Gasteiger partial charge in [0.2, 0.25) is 5.95 Å². The summed E-state index contributed by atoms with van der Waals surface area (Å²) in [5.74, 6) is 6.39. The maximum Gasteiger partial charge on any atom is 0.275 e.